The Morgan fingerprint density at radius 2 is 2.00 bits per heavy atom. The lowest BCUT2D eigenvalue weighted by molar-refractivity contribution is 1.34. The third kappa shape index (κ3) is 2.08. The molecule has 11 heavy (non-hydrogen) atoms. The molecule has 0 spiro atoms. The minimum atomic E-state index is 0.579. The zero-order valence-corrected chi connectivity index (χ0v) is 9.29. The minimum Gasteiger partial charge on any atom is -0.323 e. The van der Waals surface area contributed by atoms with Crippen molar-refractivity contribution in [2.45, 2.75) is 0 Å². The predicted octanol–water partition coefficient (Wildman–Crippen LogP) is 3.15. The van der Waals surface area contributed by atoms with Crippen LogP contribution in [0.4, 0.5) is 5.69 Å². The summed E-state index contributed by atoms with van der Waals surface area (Å²) in [5.74, 6) is 5.21. The summed E-state index contributed by atoms with van der Waals surface area (Å²) in [4.78, 5) is 0. The van der Waals surface area contributed by atoms with E-state index in [1.165, 1.54) is 0 Å². The maximum atomic E-state index is 5.86. The van der Waals surface area contributed by atoms with Crippen LogP contribution in [0.25, 0.3) is 0 Å². The summed E-state index contributed by atoms with van der Waals surface area (Å²) in [6.45, 7) is 0. The summed E-state index contributed by atoms with van der Waals surface area (Å²) >= 11 is 12.4. The molecule has 5 heteroatoms. The second-order valence-corrected chi connectivity index (χ2v) is 4.04. The van der Waals surface area contributed by atoms with Crippen molar-refractivity contribution < 1.29 is 0 Å². The van der Waals surface area contributed by atoms with Crippen LogP contribution in [0.2, 0.25) is 5.02 Å². The van der Waals surface area contributed by atoms with Gasteiger partial charge in [0, 0.05) is 8.95 Å². The number of hydrogen-bond acceptors (Lipinski definition) is 2. The predicted molar refractivity (Wildman–Crippen MR) is 54.7 cm³/mol. The number of benzene rings is 1. The zero-order chi connectivity index (χ0) is 8.43. The molecule has 0 aliphatic carbocycles. The van der Waals surface area contributed by atoms with Gasteiger partial charge in [0.1, 0.15) is 0 Å². The highest BCUT2D eigenvalue weighted by atomic mass is 79.9. The Labute approximate surface area is 86.3 Å². The number of nitrogens with one attached hydrogen (secondary N) is 1. The highest BCUT2D eigenvalue weighted by Gasteiger charge is 2.03. The molecule has 0 atom stereocenters. The fourth-order valence-corrected chi connectivity index (χ4v) is 2.05. The van der Waals surface area contributed by atoms with Crippen molar-refractivity contribution in [2.75, 3.05) is 5.43 Å². The molecule has 0 saturated carbocycles. The Balaban J connectivity index is 3.24. The van der Waals surface area contributed by atoms with Crippen LogP contribution >= 0.6 is 43.5 Å². The first-order valence-corrected chi connectivity index (χ1v) is 4.72. The highest BCUT2D eigenvalue weighted by Crippen LogP contribution is 2.33. The summed E-state index contributed by atoms with van der Waals surface area (Å²) in [5.41, 5.74) is 3.17. The van der Waals surface area contributed by atoms with Crippen molar-refractivity contribution in [3.8, 4) is 0 Å². The topological polar surface area (TPSA) is 38.0 Å². The summed E-state index contributed by atoms with van der Waals surface area (Å²) in [6.07, 6.45) is 0. The molecule has 0 saturated heterocycles. The SMILES string of the molecule is NNc1cc(Br)cc(Br)c1Cl. The number of hydrogen-bond donors (Lipinski definition) is 2. The van der Waals surface area contributed by atoms with Gasteiger partial charge in [-0.3, -0.25) is 5.84 Å². The number of halogens is 3. The first-order valence-electron chi connectivity index (χ1n) is 2.76. The van der Waals surface area contributed by atoms with Crippen LogP contribution in [0.1, 0.15) is 0 Å². The fraction of sp³-hybridized carbons (Fsp3) is 0. The van der Waals surface area contributed by atoms with Crippen LogP contribution in [0, 0.1) is 0 Å². The fourth-order valence-electron chi connectivity index (χ4n) is 0.661. The molecule has 2 nitrogen and oxygen atoms in total. The van der Waals surface area contributed by atoms with E-state index < -0.39 is 0 Å². The van der Waals surface area contributed by atoms with Gasteiger partial charge in [-0.1, -0.05) is 27.5 Å². The largest absolute Gasteiger partial charge is 0.323 e. The molecule has 0 bridgehead atoms. The molecule has 0 unspecified atom stereocenters. The van der Waals surface area contributed by atoms with Crippen molar-refractivity contribution in [3.63, 3.8) is 0 Å². The van der Waals surface area contributed by atoms with Crippen LogP contribution in [0.3, 0.4) is 0 Å². The van der Waals surface area contributed by atoms with Crippen molar-refractivity contribution >= 4 is 49.1 Å². The minimum absolute atomic E-state index is 0.579. The summed E-state index contributed by atoms with van der Waals surface area (Å²) in [7, 11) is 0. The molecule has 1 rings (SSSR count). The molecule has 3 N–H and O–H groups in total. The number of nitrogen functional groups attached to an aromatic ring is 1. The summed E-state index contributed by atoms with van der Waals surface area (Å²) in [6, 6.07) is 3.65. The van der Waals surface area contributed by atoms with E-state index in [-0.39, 0.29) is 0 Å². The van der Waals surface area contributed by atoms with E-state index in [0.717, 1.165) is 8.95 Å². The van der Waals surface area contributed by atoms with E-state index in [1.54, 1.807) is 6.07 Å². The molecule has 0 aliphatic rings. The number of nitrogens with two attached hydrogens (primary N) is 1. The normalized spacial score (nSPS) is 9.82. The van der Waals surface area contributed by atoms with E-state index in [2.05, 4.69) is 37.3 Å². The molecule has 1 aromatic carbocycles. The van der Waals surface area contributed by atoms with Gasteiger partial charge in [0.15, 0.2) is 0 Å². The Bertz CT molecular complexity index is 278. The van der Waals surface area contributed by atoms with Crippen molar-refractivity contribution in [2.24, 2.45) is 5.84 Å². The second-order valence-electron chi connectivity index (χ2n) is 1.89. The van der Waals surface area contributed by atoms with Gasteiger partial charge in [0.25, 0.3) is 0 Å². The molecule has 0 amide bonds. The average molecular weight is 300 g/mol. The maximum Gasteiger partial charge on any atom is 0.0793 e. The third-order valence-electron chi connectivity index (χ3n) is 1.15. The Morgan fingerprint density at radius 3 is 2.55 bits per heavy atom. The summed E-state index contributed by atoms with van der Waals surface area (Å²) in [5, 5.41) is 0.579. The van der Waals surface area contributed by atoms with E-state index in [4.69, 9.17) is 17.4 Å². The molecule has 0 aromatic heterocycles. The van der Waals surface area contributed by atoms with Gasteiger partial charge in [-0.25, -0.2) is 0 Å². The number of anilines is 1. The number of rotatable bonds is 1. The zero-order valence-electron chi connectivity index (χ0n) is 5.37. The smallest absolute Gasteiger partial charge is 0.0793 e. The Morgan fingerprint density at radius 1 is 1.36 bits per heavy atom. The van der Waals surface area contributed by atoms with Crippen LogP contribution in [-0.2, 0) is 0 Å². The monoisotopic (exact) mass is 298 g/mol. The van der Waals surface area contributed by atoms with Crippen molar-refractivity contribution in [1.82, 2.24) is 0 Å². The van der Waals surface area contributed by atoms with Gasteiger partial charge < -0.3 is 5.43 Å². The van der Waals surface area contributed by atoms with Crippen LogP contribution in [0.5, 0.6) is 0 Å². The molecular weight excluding hydrogens is 295 g/mol. The van der Waals surface area contributed by atoms with Gasteiger partial charge in [0.05, 0.1) is 10.7 Å². The molecule has 0 heterocycles. The molecular formula is C6H5Br2ClN2. The van der Waals surface area contributed by atoms with Gasteiger partial charge in [-0.2, -0.15) is 0 Å². The standard InChI is InChI=1S/C6H5Br2ClN2/c7-3-1-4(8)6(9)5(2-3)11-10/h1-2,11H,10H2. The van der Waals surface area contributed by atoms with Crippen LogP contribution < -0.4 is 11.3 Å². The lowest BCUT2D eigenvalue weighted by Crippen LogP contribution is -2.07. The van der Waals surface area contributed by atoms with Gasteiger partial charge in [0.2, 0.25) is 0 Å². The van der Waals surface area contributed by atoms with E-state index in [9.17, 15) is 0 Å². The molecule has 0 fully saturated rings. The van der Waals surface area contributed by atoms with Crippen LogP contribution in [-0.4, -0.2) is 0 Å². The second kappa shape index (κ2) is 3.76. The quantitative estimate of drug-likeness (QED) is 0.475. The van der Waals surface area contributed by atoms with Gasteiger partial charge in [-0.05, 0) is 28.1 Å². The maximum absolute atomic E-state index is 5.86. The first-order chi connectivity index (χ1) is 5.15. The third-order valence-corrected chi connectivity index (χ3v) is 2.87. The average Bonchev–Trinajstić information content (AvgIpc) is 1.96. The van der Waals surface area contributed by atoms with E-state index >= 15 is 0 Å². The first kappa shape index (κ1) is 9.32. The van der Waals surface area contributed by atoms with E-state index in [0.29, 0.717) is 10.7 Å². The molecule has 1 aromatic rings. The van der Waals surface area contributed by atoms with Gasteiger partial charge >= 0.3 is 0 Å². The van der Waals surface area contributed by atoms with Crippen molar-refractivity contribution in [3.05, 3.63) is 26.1 Å². The molecule has 60 valence electrons. The molecule has 0 aliphatic heterocycles. The summed E-state index contributed by atoms with van der Waals surface area (Å²) < 4.78 is 1.73. The van der Waals surface area contributed by atoms with Crippen LogP contribution in [0.15, 0.2) is 21.1 Å². The van der Waals surface area contributed by atoms with Gasteiger partial charge in [-0.15, -0.1) is 0 Å². The Hall–Kier alpha value is 0.230. The number of hydrazine groups is 1. The lowest BCUT2D eigenvalue weighted by Gasteiger charge is -2.04. The lowest BCUT2D eigenvalue weighted by atomic mass is 10.3. The molecule has 0 radical (unpaired) electrons. The van der Waals surface area contributed by atoms with E-state index in [1.807, 2.05) is 6.07 Å². The highest BCUT2D eigenvalue weighted by molar-refractivity contribution is 9.11. The van der Waals surface area contributed by atoms with Crippen molar-refractivity contribution in [1.29, 1.82) is 0 Å². The Kier molecular flexibility index (Phi) is 3.18.